The Morgan fingerprint density at radius 1 is 1.19 bits per heavy atom. The molecule has 0 aliphatic heterocycles. The minimum atomic E-state index is 0.104. The van der Waals surface area contributed by atoms with Crippen LogP contribution in [0.4, 0.5) is 5.69 Å². The molecule has 0 spiro atoms. The number of anilines is 1. The van der Waals surface area contributed by atoms with Gasteiger partial charge in [0.2, 0.25) is 0 Å². The van der Waals surface area contributed by atoms with Crippen molar-refractivity contribution in [3.8, 4) is 11.5 Å². The molecule has 2 aromatic rings. The number of aryl methyl sites for hydroxylation is 1. The Morgan fingerprint density at radius 3 is 2.57 bits per heavy atom. The molecule has 0 unspecified atom stereocenters. The van der Waals surface area contributed by atoms with Gasteiger partial charge < -0.3 is 15.2 Å². The van der Waals surface area contributed by atoms with Crippen LogP contribution >= 0.6 is 11.6 Å². The third-order valence-electron chi connectivity index (χ3n) is 3.06. The van der Waals surface area contributed by atoms with Gasteiger partial charge in [-0.15, -0.1) is 0 Å². The van der Waals surface area contributed by atoms with Crippen LogP contribution < -0.4 is 10.1 Å². The molecule has 3 nitrogen and oxygen atoms in total. The fourth-order valence-electron chi connectivity index (χ4n) is 2.04. The van der Waals surface area contributed by atoms with Crippen molar-refractivity contribution in [2.75, 3.05) is 5.32 Å². The molecule has 0 aromatic heterocycles. The van der Waals surface area contributed by atoms with E-state index in [-0.39, 0.29) is 11.9 Å². The van der Waals surface area contributed by atoms with E-state index >= 15 is 0 Å². The average molecular weight is 306 g/mol. The highest BCUT2D eigenvalue weighted by atomic mass is 35.5. The van der Waals surface area contributed by atoms with Crippen molar-refractivity contribution >= 4 is 17.3 Å². The zero-order valence-corrected chi connectivity index (χ0v) is 13.2. The zero-order valence-electron chi connectivity index (χ0n) is 12.5. The molecule has 112 valence electrons. The minimum Gasteiger partial charge on any atom is -0.506 e. The maximum Gasteiger partial charge on any atom is 0.134 e. The molecule has 0 saturated carbocycles. The van der Waals surface area contributed by atoms with Crippen molar-refractivity contribution < 1.29 is 9.84 Å². The number of rotatable bonds is 5. The van der Waals surface area contributed by atoms with Crippen LogP contribution in [0.1, 0.15) is 25.0 Å². The van der Waals surface area contributed by atoms with Crippen LogP contribution in [0.5, 0.6) is 11.5 Å². The van der Waals surface area contributed by atoms with Gasteiger partial charge in [-0.25, -0.2) is 0 Å². The first kappa shape index (κ1) is 15.5. The smallest absolute Gasteiger partial charge is 0.134 e. The average Bonchev–Trinajstić information content (AvgIpc) is 2.41. The van der Waals surface area contributed by atoms with E-state index in [0.29, 0.717) is 11.6 Å². The number of aromatic hydroxyl groups is 1. The van der Waals surface area contributed by atoms with Crippen molar-refractivity contribution in [1.29, 1.82) is 0 Å². The van der Waals surface area contributed by atoms with Crippen molar-refractivity contribution in [1.82, 2.24) is 0 Å². The highest BCUT2D eigenvalue weighted by molar-refractivity contribution is 6.32. The molecular formula is C17H20ClNO2. The number of halogens is 1. The van der Waals surface area contributed by atoms with Gasteiger partial charge >= 0.3 is 0 Å². The molecule has 0 saturated heterocycles. The quantitative estimate of drug-likeness (QED) is 0.837. The first-order valence-electron chi connectivity index (χ1n) is 6.94. The third-order valence-corrected chi connectivity index (χ3v) is 3.37. The molecule has 0 radical (unpaired) electrons. The Labute approximate surface area is 130 Å². The van der Waals surface area contributed by atoms with Crippen LogP contribution in [-0.2, 0) is 6.54 Å². The van der Waals surface area contributed by atoms with Gasteiger partial charge in [-0.05, 0) is 62.2 Å². The van der Waals surface area contributed by atoms with Gasteiger partial charge in [0.25, 0.3) is 0 Å². The number of benzene rings is 2. The lowest BCUT2D eigenvalue weighted by Crippen LogP contribution is -2.06. The summed E-state index contributed by atoms with van der Waals surface area (Å²) in [4.78, 5) is 0. The molecule has 0 atom stereocenters. The van der Waals surface area contributed by atoms with Gasteiger partial charge in [-0.3, -0.25) is 0 Å². The summed E-state index contributed by atoms with van der Waals surface area (Å²) in [5.41, 5.74) is 3.19. The summed E-state index contributed by atoms with van der Waals surface area (Å²) < 4.78 is 5.67. The van der Waals surface area contributed by atoms with Crippen molar-refractivity contribution in [3.63, 3.8) is 0 Å². The second-order valence-electron chi connectivity index (χ2n) is 5.28. The molecule has 2 aromatic carbocycles. The fourth-order valence-corrected chi connectivity index (χ4v) is 2.24. The van der Waals surface area contributed by atoms with Crippen LogP contribution in [0.3, 0.4) is 0 Å². The Morgan fingerprint density at radius 2 is 1.95 bits per heavy atom. The van der Waals surface area contributed by atoms with E-state index < -0.39 is 0 Å². The van der Waals surface area contributed by atoms with Gasteiger partial charge in [0.1, 0.15) is 11.5 Å². The standard InChI is InChI=1S/C17H20ClNO2/c1-11(2)21-14-5-6-16(12(3)8-14)19-10-13-4-7-17(20)15(18)9-13/h4-9,11,19-20H,10H2,1-3H3. The monoisotopic (exact) mass is 305 g/mol. The van der Waals surface area contributed by atoms with E-state index in [1.54, 1.807) is 12.1 Å². The van der Waals surface area contributed by atoms with E-state index in [4.69, 9.17) is 16.3 Å². The Balaban J connectivity index is 2.04. The maximum absolute atomic E-state index is 9.41. The summed E-state index contributed by atoms with van der Waals surface area (Å²) in [6, 6.07) is 11.2. The molecule has 0 bridgehead atoms. The molecule has 4 heteroatoms. The topological polar surface area (TPSA) is 41.5 Å². The minimum absolute atomic E-state index is 0.104. The first-order valence-corrected chi connectivity index (χ1v) is 7.32. The van der Waals surface area contributed by atoms with Crippen molar-refractivity contribution in [2.24, 2.45) is 0 Å². The van der Waals surface area contributed by atoms with Crippen LogP contribution in [0.15, 0.2) is 36.4 Å². The van der Waals surface area contributed by atoms with Crippen molar-refractivity contribution in [3.05, 3.63) is 52.5 Å². The SMILES string of the molecule is Cc1cc(OC(C)C)ccc1NCc1ccc(O)c(Cl)c1. The molecule has 0 aliphatic carbocycles. The highest BCUT2D eigenvalue weighted by Crippen LogP contribution is 2.25. The van der Waals surface area contributed by atoms with Gasteiger partial charge in [0, 0.05) is 12.2 Å². The molecule has 2 rings (SSSR count). The summed E-state index contributed by atoms with van der Waals surface area (Å²) in [6.07, 6.45) is 0.169. The van der Waals surface area contributed by atoms with Crippen LogP contribution in [0.25, 0.3) is 0 Å². The van der Waals surface area contributed by atoms with Gasteiger partial charge in [0.05, 0.1) is 11.1 Å². The summed E-state index contributed by atoms with van der Waals surface area (Å²) >= 11 is 5.90. The number of hydrogen-bond donors (Lipinski definition) is 2. The number of nitrogens with one attached hydrogen (secondary N) is 1. The predicted octanol–water partition coefficient (Wildman–Crippen LogP) is 4.75. The fraction of sp³-hybridized carbons (Fsp3) is 0.294. The number of hydrogen-bond acceptors (Lipinski definition) is 3. The van der Waals surface area contributed by atoms with E-state index in [0.717, 1.165) is 22.6 Å². The summed E-state index contributed by atoms with van der Waals surface area (Å²) in [5, 5.41) is 13.1. The van der Waals surface area contributed by atoms with Crippen LogP contribution in [0, 0.1) is 6.92 Å². The molecule has 2 N–H and O–H groups in total. The molecule has 0 heterocycles. The Hall–Kier alpha value is -1.87. The molecule has 0 fully saturated rings. The predicted molar refractivity (Wildman–Crippen MR) is 87.4 cm³/mol. The lowest BCUT2D eigenvalue weighted by atomic mass is 10.1. The Kier molecular flexibility index (Phi) is 4.97. The lowest BCUT2D eigenvalue weighted by molar-refractivity contribution is 0.242. The Bertz CT molecular complexity index is 626. The summed E-state index contributed by atoms with van der Waals surface area (Å²) in [5.74, 6) is 0.979. The summed E-state index contributed by atoms with van der Waals surface area (Å²) in [7, 11) is 0. The van der Waals surface area contributed by atoms with Gasteiger partial charge in [0.15, 0.2) is 0 Å². The molecule has 0 aliphatic rings. The first-order chi connectivity index (χ1) is 9.95. The highest BCUT2D eigenvalue weighted by Gasteiger charge is 2.04. The second-order valence-corrected chi connectivity index (χ2v) is 5.69. The van der Waals surface area contributed by atoms with Crippen molar-refractivity contribution in [2.45, 2.75) is 33.4 Å². The normalized spacial score (nSPS) is 10.7. The molecule has 0 amide bonds. The van der Waals surface area contributed by atoms with E-state index in [9.17, 15) is 5.11 Å². The number of phenolic OH excluding ortho intramolecular Hbond substituents is 1. The third kappa shape index (κ3) is 4.30. The molecular weight excluding hydrogens is 286 g/mol. The molecule has 21 heavy (non-hydrogen) atoms. The summed E-state index contributed by atoms with van der Waals surface area (Å²) in [6.45, 7) is 6.71. The van der Waals surface area contributed by atoms with Crippen LogP contribution in [-0.4, -0.2) is 11.2 Å². The van der Waals surface area contributed by atoms with Gasteiger partial charge in [-0.1, -0.05) is 17.7 Å². The van der Waals surface area contributed by atoms with Gasteiger partial charge in [-0.2, -0.15) is 0 Å². The largest absolute Gasteiger partial charge is 0.506 e. The van der Waals surface area contributed by atoms with E-state index in [2.05, 4.69) is 5.32 Å². The zero-order chi connectivity index (χ0) is 15.4. The number of ether oxygens (including phenoxy) is 1. The number of phenols is 1. The van der Waals surface area contributed by atoms with Crippen LogP contribution in [0.2, 0.25) is 5.02 Å². The maximum atomic E-state index is 9.41. The van der Waals surface area contributed by atoms with E-state index in [1.165, 1.54) is 0 Å². The van der Waals surface area contributed by atoms with E-state index in [1.807, 2.05) is 45.0 Å². The lowest BCUT2D eigenvalue weighted by Gasteiger charge is -2.14. The second kappa shape index (κ2) is 6.72.